The Kier molecular flexibility index (Phi) is 3.78. The van der Waals surface area contributed by atoms with Gasteiger partial charge in [-0.25, -0.2) is 4.79 Å². The van der Waals surface area contributed by atoms with Crippen LogP contribution in [0.2, 0.25) is 0 Å². The molecule has 0 aromatic rings. The van der Waals surface area contributed by atoms with Gasteiger partial charge in [-0.15, -0.1) is 0 Å². The Labute approximate surface area is 96.1 Å². The van der Waals surface area contributed by atoms with Crippen molar-refractivity contribution in [3.05, 3.63) is 0 Å². The summed E-state index contributed by atoms with van der Waals surface area (Å²) in [5, 5.41) is 2.74. The van der Waals surface area contributed by atoms with Gasteiger partial charge in [0.1, 0.15) is 11.6 Å². The molecule has 5 nitrogen and oxygen atoms in total. The highest BCUT2D eigenvalue weighted by Gasteiger charge is 2.34. The molecule has 1 saturated heterocycles. The van der Waals surface area contributed by atoms with E-state index in [9.17, 15) is 9.59 Å². The molecule has 16 heavy (non-hydrogen) atoms. The number of ether oxygens (including phenoxy) is 1. The number of nitrogens with zero attached hydrogens (tertiary/aromatic N) is 1. The minimum atomic E-state index is -0.525. The van der Waals surface area contributed by atoms with Crippen LogP contribution >= 0.6 is 0 Å². The van der Waals surface area contributed by atoms with Gasteiger partial charge >= 0.3 is 6.09 Å². The number of nitrogens with one attached hydrogen (secondary N) is 1. The lowest BCUT2D eigenvalue weighted by Crippen LogP contribution is -2.57. The Bertz CT molecular complexity index is 283. The van der Waals surface area contributed by atoms with Crippen molar-refractivity contribution in [3.8, 4) is 0 Å². The summed E-state index contributed by atoms with van der Waals surface area (Å²) < 4.78 is 5.26. The standard InChI is InChI=1S/C11H20N2O3/c1-5-8-9(14)12-6-7-13(8)10(15)16-11(2,3)4/h8H,5-7H2,1-4H3,(H,12,14). The summed E-state index contributed by atoms with van der Waals surface area (Å²) in [4.78, 5) is 24.9. The summed E-state index contributed by atoms with van der Waals surface area (Å²) in [7, 11) is 0. The van der Waals surface area contributed by atoms with Crippen molar-refractivity contribution in [1.29, 1.82) is 0 Å². The summed E-state index contributed by atoms with van der Waals surface area (Å²) in [5.41, 5.74) is -0.525. The van der Waals surface area contributed by atoms with E-state index in [0.717, 1.165) is 0 Å². The molecule has 1 aliphatic rings. The summed E-state index contributed by atoms with van der Waals surface area (Å²) in [5.74, 6) is -0.0976. The molecular weight excluding hydrogens is 208 g/mol. The maximum absolute atomic E-state index is 11.9. The quantitative estimate of drug-likeness (QED) is 0.732. The van der Waals surface area contributed by atoms with Gasteiger partial charge in [0.25, 0.3) is 0 Å². The molecule has 0 spiro atoms. The van der Waals surface area contributed by atoms with Crippen LogP contribution in [0.1, 0.15) is 34.1 Å². The van der Waals surface area contributed by atoms with Crippen LogP contribution in [0.4, 0.5) is 4.79 Å². The van der Waals surface area contributed by atoms with Gasteiger partial charge in [-0.05, 0) is 27.2 Å². The highest BCUT2D eigenvalue weighted by Crippen LogP contribution is 2.15. The van der Waals surface area contributed by atoms with Gasteiger partial charge in [-0.1, -0.05) is 6.92 Å². The van der Waals surface area contributed by atoms with Crippen LogP contribution < -0.4 is 5.32 Å². The lowest BCUT2D eigenvalue weighted by atomic mass is 10.1. The zero-order valence-electron chi connectivity index (χ0n) is 10.4. The molecule has 1 N–H and O–H groups in total. The SMILES string of the molecule is CCC1C(=O)NCCN1C(=O)OC(C)(C)C. The Morgan fingerprint density at radius 1 is 1.56 bits per heavy atom. The average molecular weight is 228 g/mol. The molecule has 0 saturated carbocycles. The first-order valence-electron chi connectivity index (χ1n) is 5.62. The van der Waals surface area contributed by atoms with E-state index >= 15 is 0 Å². The van der Waals surface area contributed by atoms with Crippen LogP contribution in [-0.4, -0.2) is 41.6 Å². The summed E-state index contributed by atoms with van der Waals surface area (Å²) in [6.07, 6.45) is 0.194. The lowest BCUT2D eigenvalue weighted by Gasteiger charge is -2.35. The monoisotopic (exact) mass is 228 g/mol. The van der Waals surface area contributed by atoms with Gasteiger partial charge in [0.05, 0.1) is 0 Å². The fourth-order valence-corrected chi connectivity index (χ4v) is 1.66. The van der Waals surface area contributed by atoms with E-state index in [1.54, 1.807) is 0 Å². The predicted molar refractivity (Wildman–Crippen MR) is 60.0 cm³/mol. The summed E-state index contributed by atoms with van der Waals surface area (Å²) in [6.45, 7) is 8.34. The Hall–Kier alpha value is -1.26. The number of hydrogen-bond donors (Lipinski definition) is 1. The van der Waals surface area contributed by atoms with Crippen LogP contribution in [0.25, 0.3) is 0 Å². The normalized spacial score (nSPS) is 21.6. The van der Waals surface area contributed by atoms with Crippen molar-refractivity contribution < 1.29 is 14.3 Å². The van der Waals surface area contributed by atoms with Gasteiger partial charge in [0.15, 0.2) is 0 Å². The molecule has 1 heterocycles. The number of hydrogen-bond acceptors (Lipinski definition) is 3. The zero-order valence-corrected chi connectivity index (χ0v) is 10.4. The van der Waals surface area contributed by atoms with Crippen molar-refractivity contribution in [2.24, 2.45) is 0 Å². The maximum Gasteiger partial charge on any atom is 0.411 e. The lowest BCUT2D eigenvalue weighted by molar-refractivity contribution is -0.129. The first-order valence-corrected chi connectivity index (χ1v) is 5.62. The van der Waals surface area contributed by atoms with Crippen molar-refractivity contribution in [3.63, 3.8) is 0 Å². The van der Waals surface area contributed by atoms with Crippen LogP contribution in [0.5, 0.6) is 0 Å². The van der Waals surface area contributed by atoms with E-state index in [1.165, 1.54) is 4.90 Å². The van der Waals surface area contributed by atoms with Gasteiger partial charge in [0.2, 0.25) is 5.91 Å². The Balaban J connectivity index is 2.70. The minimum absolute atomic E-state index is 0.0976. The zero-order chi connectivity index (χ0) is 12.3. The van der Waals surface area contributed by atoms with Crippen molar-refractivity contribution >= 4 is 12.0 Å². The number of rotatable bonds is 1. The van der Waals surface area contributed by atoms with Gasteiger partial charge in [0, 0.05) is 13.1 Å². The third-order valence-corrected chi connectivity index (χ3v) is 2.35. The van der Waals surface area contributed by atoms with Crippen molar-refractivity contribution in [2.75, 3.05) is 13.1 Å². The fraction of sp³-hybridized carbons (Fsp3) is 0.818. The molecule has 0 bridgehead atoms. The van der Waals surface area contributed by atoms with Crippen LogP contribution in [-0.2, 0) is 9.53 Å². The molecule has 1 aliphatic heterocycles. The van der Waals surface area contributed by atoms with E-state index in [1.807, 2.05) is 27.7 Å². The largest absolute Gasteiger partial charge is 0.444 e. The first kappa shape index (κ1) is 12.8. The average Bonchev–Trinajstić information content (AvgIpc) is 2.14. The molecule has 1 unspecified atom stereocenters. The van der Waals surface area contributed by atoms with E-state index in [2.05, 4.69) is 5.32 Å². The number of amides is 2. The predicted octanol–water partition coefficient (Wildman–Crippen LogP) is 1.13. The highest BCUT2D eigenvalue weighted by molar-refractivity contribution is 5.86. The third-order valence-electron chi connectivity index (χ3n) is 2.35. The molecule has 5 heteroatoms. The first-order chi connectivity index (χ1) is 7.35. The van der Waals surface area contributed by atoms with Crippen LogP contribution in [0.3, 0.4) is 0 Å². The summed E-state index contributed by atoms with van der Waals surface area (Å²) in [6, 6.07) is -0.399. The minimum Gasteiger partial charge on any atom is -0.444 e. The van der Waals surface area contributed by atoms with Gasteiger partial charge < -0.3 is 10.1 Å². The smallest absolute Gasteiger partial charge is 0.411 e. The second-order valence-corrected chi connectivity index (χ2v) is 4.89. The van der Waals surface area contributed by atoms with Crippen molar-refractivity contribution in [1.82, 2.24) is 10.2 Å². The molecule has 0 aliphatic carbocycles. The molecule has 1 fully saturated rings. The Morgan fingerprint density at radius 3 is 2.69 bits per heavy atom. The molecule has 0 radical (unpaired) electrons. The number of carbonyl (C=O) groups excluding carboxylic acids is 2. The molecule has 0 aromatic heterocycles. The molecule has 1 rings (SSSR count). The van der Waals surface area contributed by atoms with E-state index < -0.39 is 17.7 Å². The van der Waals surface area contributed by atoms with Gasteiger partial charge in [-0.3, -0.25) is 9.69 Å². The Morgan fingerprint density at radius 2 is 2.19 bits per heavy atom. The fourth-order valence-electron chi connectivity index (χ4n) is 1.66. The van der Waals surface area contributed by atoms with Gasteiger partial charge in [-0.2, -0.15) is 0 Å². The molecule has 0 aromatic carbocycles. The topological polar surface area (TPSA) is 58.6 Å². The molecular formula is C11H20N2O3. The third kappa shape index (κ3) is 3.12. The van der Waals surface area contributed by atoms with Crippen LogP contribution in [0, 0.1) is 0 Å². The molecule has 1 atom stereocenters. The van der Waals surface area contributed by atoms with E-state index in [4.69, 9.17) is 4.74 Å². The second-order valence-electron chi connectivity index (χ2n) is 4.89. The van der Waals surface area contributed by atoms with Crippen molar-refractivity contribution in [2.45, 2.75) is 45.8 Å². The number of carbonyl (C=O) groups is 2. The summed E-state index contributed by atoms with van der Waals surface area (Å²) >= 11 is 0. The van der Waals surface area contributed by atoms with E-state index in [-0.39, 0.29) is 5.91 Å². The highest BCUT2D eigenvalue weighted by atomic mass is 16.6. The van der Waals surface area contributed by atoms with E-state index in [0.29, 0.717) is 19.5 Å². The maximum atomic E-state index is 11.9. The molecule has 92 valence electrons. The number of piperazine rings is 1. The van der Waals surface area contributed by atoms with Crippen LogP contribution in [0.15, 0.2) is 0 Å². The second kappa shape index (κ2) is 4.72. The molecule has 2 amide bonds.